The quantitative estimate of drug-likeness (QED) is 0.513. The maximum atomic E-state index is 13.8. The summed E-state index contributed by atoms with van der Waals surface area (Å²) in [5, 5.41) is 16.5. The molecule has 0 saturated heterocycles. The van der Waals surface area contributed by atoms with Gasteiger partial charge in [0.1, 0.15) is 29.7 Å². The number of benzene rings is 1. The molecule has 1 aromatic heterocycles. The van der Waals surface area contributed by atoms with Gasteiger partial charge in [-0.15, -0.1) is 0 Å². The second-order valence-corrected chi connectivity index (χ2v) is 6.95. The highest BCUT2D eigenvalue weighted by Gasteiger charge is 2.29. The summed E-state index contributed by atoms with van der Waals surface area (Å²) in [4.78, 5) is 37.2. The first kappa shape index (κ1) is 23.1. The molecule has 3 N–H and O–H groups in total. The Morgan fingerprint density at radius 3 is 2.56 bits per heavy atom. The molecular weight excluding hydrogens is 433 g/mol. The number of hydrogen-bond acceptors (Lipinski definition) is 6. The summed E-state index contributed by atoms with van der Waals surface area (Å²) in [6.07, 6.45) is 1.86. The normalized spacial score (nSPS) is 13.0. The van der Waals surface area contributed by atoms with Crippen LogP contribution in [-0.4, -0.2) is 48.0 Å². The van der Waals surface area contributed by atoms with E-state index in [9.17, 15) is 32.7 Å². The maximum absolute atomic E-state index is 13.8. The van der Waals surface area contributed by atoms with Crippen molar-refractivity contribution in [3.8, 4) is 5.75 Å². The summed E-state index contributed by atoms with van der Waals surface area (Å²) in [6, 6.07) is 0.919. The number of pyridine rings is 1. The number of ether oxygens (including phenoxy) is 1. The Balaban J connectivity index is 1.87. The van der Waals surface area contributed by atoms with Crippen molar-refractivity contribution in [3.63, 3.8) is 0 Å². The fraction of sp³-hybridized carbons (Fsp3) is 0.350. The van der Waals surface area contributed by atoms with Crippen molar-refractivity contribution in [2.45, 2.75) is 19.9 Å². The number of carbonyl (C=O) groups excluding carboxylic acids is 2. The minimum absolute atomic E-state index is 0.0245. The van der Waals surface area contributed by atoms with E-state index in [1.165, 1.54) is 9.69 Å². The molecule has 3 rings (SSSR count). The van der Waals surface area contributed by atoms with Gasteiger partial charge in [0, 0.05) is 37.0 Å². The topological polar surface area (TPSA) is 113 Å². The van der Waals surface area contributed by atoms with Crippen molar-refractivity contribution in [3.05, 3.63) is 62.8 Å². The largest absolute Gasteiger partial charge is 0.502 e. The summed E-state index contributed by atoms with van der Waals surface area (Å²) in [7, 11) is 0. The van der Waals surface area contributed by atoms with Gasteiger partial charge in [-0.3, -0.25) is 24.1 Å². The number of nitrogens with one attached hydrogen (secondary N) is 2. The van der Waals surface area contributed by atoms with Crippen LogP contribution in [0.5, 0.6) is 5.75 Å². The van der Waals surface area contributed by atoms with Crippen LogP contribution in [0.2, 0.25) is 0 Å². The van der Waals surface area contributed by atoms with Crippen LogP contribution in [-0.2, 0) is 11.3 Å². The van der Waals surface area contributed by atoms with Gasteiger partial charge in [-0.25, -0.2) is 13.2 Å². The third-order valence-electron chi connectivity index (χ3n) is 4.72. The molecule has 0 spiro atoms. The summed E-state index contributed by atoms with van der Waals surface area (Å²) in [5.41, 5.74) is -2.64. The number of hydrogen-bond donors (Lipinski definition) is 3. The number of halogens is 3. The fourth-order valence-corrected chi connectivity index (χ4v) is 3.12. The van der Waals surface area contributed by atoms with Crippen molar-refractivity contribution in [2.75, 3.05) is 31.4 Å². The molecule has 172 valence electrons. The van der Waals surface area contributed by atoms with Crippen molar-refractivity contribution in [2.24, 2.45) is 0 Å². The number of aromatic nitrogens is 1. The van der Waals surface area contributed by atoms with Gasteiger partial charge in [0.15, 0.2) is 11.4 Å². The molecule has 0 atom stereocenters. The summed E-state index contributed by atoms with van der Waals surface area (Å²) in [6.45, 7) is 2.36. The molecule has 12 heteroatoms. The van der Waals surface area contributed by atoms with Crippen LogP contribution in [0.15, 0.2) is 23.1 Å². The number of amides is 2. The molecule has 0 fully saturated rings. The third kappa shape index (κ3) is 4.69. The monoisotopic (exact) mass is 454 g/mol. The summed E-state index contributed by atoms with van der Waals surface area (Å²) in [5.74, 6) is -6.24. The Hall–Kier alpha value is -3.54. The summed E-state index contributed by atoms with van der Waals surface area (Å²) < 4.78 is 47.2. The van der Waals surface area contributed by atoms with Gasteiger partial charge in [0.05, 0.1) is 13.2 Å². The van der Waals surface area contributed by atoms with E-state index in [-0.39, 0.29) is 25.5 Å². The number of nitrogens with zero attached hydrogens (tertiary/aromatic N) is 2. The highest BCUT2D eigenvalue weighted by molar-refractivity contribution is 5.99. The first-order chi connectivity index (χ1) is 15.2. The van der Waals surface area contributed by atoms with E-state index in [0.717, 1.165) is 12.6 Å². The number of fused-ring (bicyclic) bond motifs is 1. The van der Waals surface area contributed by atoms with Gasteiger partial charge in [0.2, 0.25) is 5.43 Å². The Kier molecular flexibility index (Phi) is 7.03. The van der Waals surface area contributed by atoms with Crippen LogP contribution in [0.25, 0.3) is 0 Å². The zero-order chi connectivity index (χ0) is 23.4. The fourth-order valence-electron chi connectivity index (χ4n) is 3.12. The van der Waals surface area contributed by atoms with Gasteiger partial charge in [-0.2, -0.15) is 0 Å². The van der Waals surface area contributed by atoms with Crippen molar-refractivity contribution >= 4 is 11.8 Å². The molecule has 0 saturated carbocycles. The van der Waals surface area contributed by atoms with Gasteiger partial charge in [-0.05, 0) is 6.42 Å². The Morgan fingerprint density at radius 1 is 1.22 bits per heavy atom. The molecule has 1 aliphatic heterocycles. The standard InChI is InChI=1S/C20H21F3N4O5/c1-2-4-32-5-3-26-10-25-20(31)16-18(29)17(28)13(9-27(16)26)19(30)24-8-12-14(22)6-11(21)7-15(12)23/h6-7,9,29H,2-5,8,10H2,1H3,(H,24,30)(H,25,31). The van der Waals surface area contributed by atoms with Crippen LogP contribution in [0, 0.1) is 17.5 Å². The van der Waals surface area contributed by atoms with Crippen LogP contribution < -0.4 is 21.1 Å². The molecule has 2 heterocycles. The number of aromatic hydroxyl groups is 1. The zero-order valence-corrected chi connectivity index (χ0v) is 17.1. The lowest BCUT2D eigenvalue weighted by atomic mass is 10.1. The Bertz CT molecular complexity index is 1080. The van der Waals surface area contributed by atoms with Gasteiger partial charge >= 0.3 is 0 Å². The highest BCUT2D eigenvalue weighted by atomic mass is 19.1. The molecule has 1 aromatic carbocycles. The molecule has 2 amide bonds. The van der Waals surface area contributed by atoms with E-state index in [2.05, 4.69) is 10.6 Å². The third-order valence-corrected chi connectivity index (χ3v) is 4.72. The van der Waals surface area contributed by atoms with Crippen LogP contribution in [0.3, 0.4) is 0 Å². The average molecular weight is 454 g/mol. The number of rotatable bonds is 8. The minimum atomic E-state index is -1.21. The van der Waals surface area contributed by atoms with Crippen molar-refractivity contribution in [1.29, 1.82) is 0 Å². The molecule has 1 aliphatic rings. The lowest BCUT2D eigenvalue weighted by Crippen LogP contribution is -2.53. The molecule has 0 unspecified atom stereocenters. The molecule has 2 aromatic rings. The Morgan fingerprint density at radius 2 is 1.91 bits per heavy atom. The van der Waals surface area contributed by atoms with Crippen molar-refractivity contribution < 1.29 is 32.6 Å². The van der Waals surface area contributed by atoms with Crippen LogP contribution >= 0.6 is 0 Å². The van der Waals surface area contributed by atoms with E-state index >= 15 is 0 Å². The number of carbonyl (C=O) groups is 2. The van der Waals surface area contributed by atoms with Gasteiger partial charge in [0.25, 0.3) is 11.8 Å². The highest BCUT2D eigenvalue weighted by Crippen LogP contribution is 2.18. The molecule has 0 aliphatic carbocycles. The Labute approximate surface area is 180 Å². The van der Waals surface area contributed by atoms with E-state index in [1.807, 2.05) is 6.92 Å². The minimum Gasteiger partial charge on any atom is -0.502 e. The average Bonchev–Trinajstić information content (AvgIpc) is 2.73. The lowest BCUT2D eigenvalue weighted by molar-refractivity contribution is 0.0899. The first-order valence-corrected chi connectivity index (χ1v) is 9.76. The van der Waals surface area contributed by atoms with E-state index in [4.69, 9.17) is 4.74 Å². The molecule has 0 radical (unpaired) electrons. The van der Waals surface area contributed by atoms with Crippen molar-refractivity contribution in [1.82, 2.24) is 15.3 Å². The molecule has 9 nitrogen and oxygen atoms in total. The summed E-state index contributed by atoms with van der Waals surface area (Å²) >= 11 is 0. The zero-order valence-electron chi connectivity index (χ0n) is 17.1. The van der Waals surface area contributed by atoms with E-state index in [0.29, 0.717) is 18.7 Å². The molecule has 32 heavy (non-hydrogen) atoms. The second kappa shape index (κ2) is 9.73. The lowest BCUT2D eigenvalue weighted by Gasteiger charge is -2.33. The molecule has 0 bridgehead atoms. The smallest absolute Gasteiger partial charge is 0.275 e. The first-order valence-electron chi connectivity index (χ1n) is 9.76. The SMILES string of the molecule is CCCOCCN1CNC(=O)c2c(O)c(=O)c(C(=O)NCc3c(F)cc(F)cc3F)cn21. The van der Waals surface area contributed by atoms with E-state index < -0.39 is 58.1 Å². The second-order valence-electron chi connectivity index (χ2n) is 6.95. The molecular formula is C20H21F3N4O5. The van der Waals surface area contributed by atoms with Gasteiger partial charge in [-0.1, -0.05) is 6.92 Å². The predicted octanol–water partition coefficient (Wildman–Crippen LogP) is 0.967. The maximum Gasteiger partial charge on any atom is 0.275 e. The van der Waals surface area contributed by atoms with Crippen LogP contribution in [0.4, 0.5) is 13.2 Å². The van der Waals surface area contributed by atoms with E-state index in [1.54, 1.807) is 0 Å². The van der Waals surface area contributed by atoms with Gasteiger partial charge < -0.3 is 20.5 Å². The van der Waals surface area contributed by atoms with Crippen LogP contribution in [0.1, 0.15) is 39.8 Å². The predicted molar refractivity (Wildman–Crippen MR) is 106 cm³/mol.